The number of benzene rings is 1. The van der Waals surface area contributed by atoms with Crippen LogP contribution >= 0.6 is 0 Å². The number of fused-ring (bicyclic) bond motifs is 1. The summed E-state index contributed by atoms with van der Waals surface area (Å²) in [7, 11) is 0. The van der Waals surface area contributed by atoms with Crippen molar-refractivity contribution in [2.24, 2.45) is 0 Å². The van der Waals surface area contributed by atoms with Crippen molar-refractivity contribution in [1.29, 1.82) is 5.26 Å². The van der Waals surface area contributed by atoms with E-state index in [1.165, 1.54) is 0 Å². The number of nitriles is 1. The molecule has 2 heteroatoms. The fourth-order valence-electron chi connectivity index (χ4n) is 1.30. The summed E-state index contributed by atoms with van der Waals surface area (Å²) in [5, 5.41) is 9.74. The van der Waals surface area contributed by atoms with Crippen molar-refractivity contribution in [1.82, 2.24) is 0 Å². The molecule has 1 aromatic carbocycles. The Hall–Kier alpha value is -1.75. The second-order valence-electron chi connectivity index (χ2n) is 2.70. The maximum Gasteiger partial charge on any atom is 0.135 e. The highest BCUT2D eigenvalue weighted by Crippen LogP contribution is 2.21. The number of aryl methyl sites for hydroxylation is 1. The van der Waals surface area contributed by atoms with Crippen molar-refractivity contribution < 1.29 is 4.42 Å². The van der Waals surface area contributed by atoms with Crippen molar-refractivity contribution in [2.75, 3.05) is 0 Å². The maximum atomic E-state index is 8.84. The molecule has 0 fully saturated rings. The Balaban J connectivity index is 2.94. The van der Waals surface area contributed by atoms with Crippen molar-refractivity contribution >= 4 is 11.0 Å². The normalized spacial score (nSPS) is 10.0. The smallest absolute Gasteiger partial charge is 0.135 e. The number of rotatable bonds is 0. The van der Waals surface area contributed by atoms with Gasteiger partial charge in [0.25, 0.3) is 0 Å². The molecule has 0 aliphatic rings. The molecule has 2 nitrogen and oxygen atoms in total. The Bertz CT molecular complexity index is 462. The van der Waals surface area contributed by atoms with Crippen LogP contribution < -0.4 is 0 Å². The highest BCUT2D eigenvalue weighted by molar-refractivity contribution is 5.84. The van der Waals surface area contributed by atoms with E-state index in [4.69, 9.17) is 9.68 Å². The minimum atomic E-state index is 0.709. The standard InChI is InChI=1S/C10H7NO/c1-7-2-3-10-8(4-5-12-10)9(7)6-11/h2-5H,1H3. The highest BCUT2D eigenvalue weighted by atomic mass is 16.3. The Kier molecular flexibility index (Phi) is 1.38. The van der Waals surface area contributed by atoms with Crippen molar-refractivity contribution in [3.63, 3.8) is 0 Å². The van der Waals surface area contributed by atoms with Crippen LogP contribution in [-0.2, 0) is 0 Å². The predicted octanol–water partition coefficient (Wildman–Crippen LogP) is 2.61. The summed E-state index contributed by atoms with van der Waals surface area (Å²) in [5.41, 5.74) is 2.48. The van der Waals surface area contributed by atoms with Gasteiger partial charge in [-0.2, -0.15) is 5.26 Å². The van der Waals surface area contributed by atoms with Gasteiger partial charge in [0, 0.05) is 5.39 Å². The van der Waals surface area contributed by atoms with Gasteiger partial charge in [0.2, 0.25) is 0 Å². The summed E-state index contributed by atoms with van der Waals surface area (Å²) in [6, 6.07) is 7.76. The molecule has 1 aromatic heterocycles. The zero-order chi connectivity index (χ0) is 8.55. The van der Waals surface area contributed by atoms with Crippen LogP contribution in [0, 0.1) is 18.3 Å². The van der Waals surface area contributed by atoms with Crippen LogP contribution in [0.5, 0.6) is 0 Å². The van der Waals surface area contributed by atoms with Crippen LogP contribution in [0.1, 0.15) is 11.1 Å². The molecule has 58 valence electrons. The maximum absolute atomic E-state index is 8.84. The van der Waals surface area contributed by atoms with Gasteiger partial charge in [0.1, 0.15) is 11.7 Å². The van der Waals surface area contributed by atoms with Crippen LogP contribution in [0.4, 0.5) is 0 Å². The van der Waals surface area contributed by atoms with Crippen molar-refractivity contribution in [3.8, 4) is 6.07 Å². The lowest BCUT2D eigenvalue weighted by Gasteiger charge is -1.95. The Morgan fingerprint density at radius 2 is 2.17 bits per heavy atom. The predicted molar refractivity (Wildman–Crippen MR) is 45.7 cm³/mol. The first-order chi connectivity index (χ1) is 5.83. The van der Waals surface area contributed by atoms with Crippen LogP contribution in [0.2, 0.25) is 0 Å². The summed E-state index contributed by atoms with van der Waals surface area (Å²) in [5.74, 6) is 0. The quantitative estimate of drug-likeness (QED) is 0.589. The van der Waals surface area contributed by atoms with Gasteiger partial charge in [-0.1, -0.05) is 6.07 Å². The molecule has 0 aliphatic carbocycles. The summed E-state index contributed by atoms with van der Waals surface area (Å²) >= 11 is 0. The molecule has 0 unspecified atom stereocenters. The van der Waals surface area contributed by atoms with Gasteiger partial charge < -0.3 is 4.42 Å². The van der Waals surface area contributed by atoms with Gasteiger partial charge in [-0.25, -0.2) is 0 Å². The van der Waals surface area contributed by atoms with Crippen LogP contribution in [0.15, 0.2) is 28.9 Å². The van der Waals surface area contributed by atoms with Gasteiger partial charge in [-0.05, 0) is 24.6 Å². The topological polar surface area (TPSA) is 36.9 Å². The molecule has 0 amide bonds. The van der Waals surface area contributed by atoms with Crippen molar-refractivity contribution in [3.05, 3.63) is 35.6 Å². The molecule has 0 spiro atoms. The monoisotopic (exact) mass is 157 g/mol. The van der Waals surface area contributed by atoms with Gasteiger partial charge in [-0.3, -0.25) is 0 Å². The Labute approximate surface area is 70.0 Å². The second-order valence-corrected chi connectivity index (χ2v) is 2.70. The molecule has 2 rings (SSSR count). The minimum Gasteiger partial charge on any atom is -0.464 e. The molecule has 0 atom stereocenters. The van der Waals surface area contributed by atoms with E-state index in [0.717, 1.165) is 16.5 Å². The zero-order valence-corrected chi connectivity index (χ0v) is 6.66. The van der Waals surface area contributed by atoms with Crippen molar-refractivity contribution in [2.45, 2.75) is 6.92 Å². The van der Waals surface area contributed by atoms with E-state index in [-0.39, 0.29) is 0 Å². The van der Waals surface area contributed by atoms with E-state index < -0.39 is 0 Å². The number of nitrogens with zero attached hydrogens (tertiary/aromatic N) is 1. The van der Waals surface area contributed by atoms with Gasteiger partial charge >= 0.3 is 0 Å². The Morgan fingerprint density at radius 3 is 2.92 bits per heavy atom. The third-order valence-electron chi connectivity index (χ3n) is 1.96. The molecule has 0 bridgehead atoms. The summed E-state index contributed by atoms with van der Waals surface area (Å²) < 4.78 is 5.16. The molecule has 0 radical (unpaired) electrons. The van der Waals surface area contributed by atoms with Gasteiger partial charge in [-0.15, -0.1) is 0 Å². The summed E-state index contributed by atoms with van der Waals surface area (Å²) in [6.07, 6.45) is 1.60. The molecule has 1 heterocycles. The molecule has 0 aliphatic heterocycles. The SMILES string of the molecule is Cc1ccc2occc2c1C#N. The summed E-state index contributed by atoms with van der Waals surface area (Å²) in [4.78, 5) is 0. The van der Waals surface area contributed by atoms with E-state index in [9.17, 15) is 0 Å². The average molecular weight is 157 g/mol. The largest absolute Gasteiger partial charge is 0.464 e. The number of hydrogen-bond acceptors (Lipinski definition) is 2. The lowest BCUT2D eigenvalue weighted by molar-refractivity contribution is 0.616. The lowest BCUT2D eigenvalue weighted by atomic mass is 10.1. The average Bonchev–Trinajstić information content (AvgIpc) is 2.52. The summed E-state index contributed by atoms with van der Waals surface area (Å²) in [6.45, 7) is 1.92. The van der Waals surface area contributed by atoms with E-state index in [0.29, 0.717) is 5.56 Å². The van der Waals surface area contributed by atoms with Crippen LogP contribution in [0.3, 0.4) is 0 Å². The first kappa shape index (κ1) is 6.93. The molecule has 0 saturated carbocycles. The van der Waals surface area contributed by atoms with Crippen LogP contribution in [-0.4, -0.2) is 0 Å². The van der Waals surface area contributed by atoms with Gasteiger partial charge in [0.15, 0.2) is 0 Å². The molecular weight excluding hydrogens is 150 g/mol. The Morgan fingerprint density at radius 1 is 1.33 bits per heavy atom. The van der Waals surface area contributed by atoms with E-state index >= 15 is 0 Å². The molecular formula is C10H7NO. The minimum absolute atomic E-state index is 0.709. The second kappa shape index (κ2) is 2.38. The molecule has 0 saturated heterocycles. The first-order valence-electron chi connectivity index (χ1n) is 3.70. The first-order valence-corrected chi connectivity index (χ1v) is 3.70. The fraction of sp³-hybridized carbons (Fsp3) is 0.100. The molecule has 12 heavy (non-hydrogen) atoms. The highest BCUT2D eigenvalue weighted by Gasteiger charge is 2.04. The zero-order valence-electron chi connectivity index (χ0n) is 6.66. The number of furan rings is 1. The molecule has 2 aromatic rings. The lowest BCUT2D eigenvalue weighted by Crippen LogP contribution is -1.81. The third kappa shape index (κ3) is 0.802. The van der Waals surface area contributed by atoms with E-state index in [1.54, 1.807) is 6.26 Å². The fourth-order valence-corrected chi connectivity index (χ4v) is 1.30. The third-order valence-corrected chi connectivity index (χ3v) is 1.96. The number of hydrogen-bond donors (Lipinski definition) is 0. The van der Waals surface area contributed by atoms with Gasteiger partial charge in [0.05, 0.1) is 11.8 Å². The van der Waals surface area contributed by atoms with E-state index in [2.05, 4.69) is 6.07 Å². The molecule has 0 N–H and O–H groups in total. The van der Waals surface area contributed by atoms with E-state index in [1.807, 2.05) is 25.1 Å². The van der Waals surface area contributed by atoms with Crippen LogP contribution in [0.25, 0.3) is 11.0 Å².